The van der Waals surface area contributed by atoms with Gasteiger partial charge in [-0.25, -0.2) is 0 Å². The summed E-state index contributed by atoms with van der Waals surface area (Å²) in [5, 5.41) is 0. The summed E-state index contributed by atoms with van der Waals surface area (Å²) in [5.74, 6) is 2.91. The minimum Gasteiger partial charge on any atom is -0.0691 e. The van der Waals surface area contributed by atoms with Crippen LogP contribution >= 0.6 is 0 Å². The van der Waals surface area contributed by atoms with E-state index in [0.717, 1.165) is 6.42 Å². The third kappa shape index (κ3) is 7.53. The molecule has 2 heteroatoms. The van der Waals surface area contributed by atoms with Crippen LogP contribution < -0.4 is 0 Å². The Labute approximate surface area is 175 Å². The van der Waals surface area contributed by atoms with Gasteiger partial charge >= 0.3 is 0 Å². The van der Waals surface area contributed by atoms with Crippen molar-refractivity contribution in [3.8, 4) is 0 Å². The summed E-state index contributed by atoms with van der Waals surface area (Å²) >= 11 is 0. The van der Waals surface area contributed by atoms with Gasteiger partial charge in [0.2, 0.25) is 0 Å². The van der Waals surface area contributed by atoms with Gasteiger partial charge in [-0.15, -0.1) is 0 Å². The standard InChI is InChI=1S/C19H27Si.C5H5.Fe/c1-15(2)18(14-16-10-7-6-8-11-16)17-12-9-13-19(17)20(3,4)5;1-2-4-5-3-1;/h6-13,15,18H,14H2,1-5H3;1-5H;/t18-;;/m1../s1. The fraction of sp³-hybridized carbons (Fsp3) is 0.333. The molecule has 2 fully saturated rings. The van der Waals surface area contributed by atoms with Crippen molar-refractivity contribution in [1.29, 1.82) is 0 Å². The van der Waals surface area contributed by atoms with E-state index in [4.69, 9.17) is 0 Å². The minimum absolute atomic E-state index is 0. The SMILES string of the molecule is CC(C)[C@@H](Cc1ccccc1)[C]1[CH][CH][CH][C]1[Si](C)(C)C.[CH]1[CH][CH][CH][CH]1.[Fe]. The van der Waals surface area contributed by atoms with Gasteiger partial charge in [0.25, 0.3) is 0 Å². The second kappa shape index (κ2) is 11.7. The molecule has 26 heavy (non-hydrogen) atoms. The van der Waals surface area contributed by atoms with Crippen LogP contribution in [0.5, 0.6) is 0 Å². The Bertz CT molecular complexity index is 465. The molecule has 0 saturated heterocycles. The summed E-state index contributed by atoms with van der Waals surface area (Å²) in [6, 6.07) is 10.9. The van der Waals surface area contributed by atoms with Gasteiger partial charge in [-0.3, -0.25) is 0 Å². The van der Waals surface area contributed by atoms with E-state index in [9.17, 15) is 0 Å². The van der Waals surface area contributed by atoms with Crippen molar-refractivity contribution >= 4 is 8.07 Å². The van der Waals surface area contributed by atoms with Gasteiger partial charge in [-0.1, -0.05) is 63.8 Å². The summed E-state index contributed by atoms with van der Waals surface area (Å²) in [7, 11) is -1.25. The molecule has 0 bridgehead atoms. The topological polar surface area (TPSA) is 0 Å². The monoisotopic (exact) mass is 404 g/mol. The largest absolute Gasteiger partial charge is 0.0691 e. The van der Waals surface area contributed by atoms with Crippen molar-refractivity contribution in [3.05, 3.63) is 98.7 Å². The fourth-order valence-electron chi connectivity index (χ4n) is 3.33. The Kier molecular flexibility index (Phi) is 10.8. The molecule has 2 aliphatic carbocycles. The molecule has 3 rings (SSSR count). The third-order valence-corrected chi connectivity index (χ3v) is 6.79. The van der Waals surface area contributed by atoms with E-state index in [0.29, 0.717) is 11.8 Å². The molecule has 10 radical (unpaired) electrons. The first-order valence-electron chi connectivity index (χ1n) is 9.36. The first-order chi connectivity index (χ1) is 11.9. The second-order valence-corrected chi connectivity index (χ2v) is 13.2. The van der Waals surface area contributed by atoms with Crippen LogP contribution in [0.2, 0.25) is 19.6 Å². The molecule has 0 nitrogen and oxygen atoms in total. The van der Waals surface area contributed by atoms with Crippen molar-refractivity contribution in [2.75, 3.05) is 0 Å². The Morgan fingerprint density at radius 3 is 1.77 bits per heavy atom. The van der Waals surface area contributed by atoms with Crippen LogP contribution in [0.4, 0.5) is 0 Å². The minimum atomic E-state index is -1.25. The molecule has 0 N–H and O–H groups in total. The van der Waals surface area contributed by atoms with E-state index in [-0.39, 0.29) is 17.1 Å². The molecule has 2 saturated carbocycles. The van der Waals surface area contributed by atoms with Gasteiger partial charge in [0.1, 0.15) is 0 Å². The van der Waals surface area contributed by atoms with E-state index in [2.05, 4.69) is 83.1 Å². The quantitative estimate of drug-likeness (QED) is 0.515. The predicted octanol–water partition coefficient (Wildman–Crippen LogP) is 6.17. The molecular weight excluding hydrogens is 372 g/mol. The van der Waals surface area contributed by atoms with Crippen molar-refractivity contribution in [2.24, 2.45) is 11.8 Å². The summed E-state index contributed by atoms with van der Waals surface area (Å²) in [6.45, 7) is 12.1. The Morgan fingerprint density at radius 2 is 1.31 bits per heavy atom. The smallest absolute Gasteiger partial charge is 0.0520 e. The molecule has 0 unspecified atom stereocenters. The maximum atomic E-state index is 2.45. The zero-order chi connectivity index (χ0) is 18.3. The van der Waals surface area contributed by atoms with E-state index in [1.165, 1.54) is 5.56 Å². The van der Waals surface area contributed by atoms with E-state index in [1.807, 2.05) is 32.1 Å². The molecule has 0 amide bonds. The van der Waals surface area contributed by atoms with Crippen LogP contribution in [-0.4, -0.2) is 8.07 Å². The molecule has 1 aromatic carbocycles. The second-order valence-electron chi connectivity index (χ2n) is 8.15. The summed E-state index contributed by atoms with van der Waals surface area (Å²) in [5.41, 5.74) is 3.10. The average molecular weight is 404 g/mol. The van der Waals surface area contributed by atoms with Crippen LogP contribution in [0.25, 0.3) is 0 Å². The molecule has 1 atom stereocenters. The fourth-order valence-corrected chi connectivity index (χ4v) is 5.06. The van der Waals surface area contributed by atoms with Crippen LogP contribution in [0, 0.1) is 74.7 Å². The first kappa shape index (κ1) is 24.0. The number of hydrogen-bond donors (Lipinski definition) is 0. The molecule has 140 valence electrons. The van der Waals surface area contributed by atoms with Gasteiger partial charge in [-0.2, -0.15) is 0 Å². The summed E-state index contributed by atoms with van der Waals surface area (Å²) in [4.78, 5) is 0. The molecule has 0 heterocycles. The van der Waals surface area contributed by atoms with Gasteiger partial charge in [0.15, 0.2) is 0 Å². The maximum Gasteiger partial charge on any atom is 0.0520 e. The number of rotatable bonds is 5. The van der Waals surface area contributed by atoms with Crippen molar-refractivity contribution < 1.29 is 17.1 Å². The molecule has 0 spiro atoms. The number of hydrogen-bond acceptors (Lipinski definition) is 0. The zero-order valence-electron chi connectivity index (χ0n) is 16.7. The zero-order valence-corrected chi connectivity index (χ0v) is 18.8. The van der Waals surface area contributed by atoms with Gasteiger partial charge < -0.3 is 0 Å². The van der Waals surface area contributed by atoms with Gasteiger partial charge in [0.05, 0.1) is 8.07 Å². The maximum absolute atomic E-state index is 2.45. The Hall–Kier alpha value is -0.0436. The molecule has 1 aromatic rings. The van der Waals surface area contributed by atoms with Crippen LogP contribution in [0.3, 0.4) is 0 Å². The Morgan fingerprint density at radius 1 is 0.769 bits per heavy atom. The van der Waals surface area contributed by atoms with Crippen LogP contribution in [-0.2, 0) is 23.5 Å². The van der Waals surface area contributed by atoms with E-state index in [1.54, 1.807) is 11.5 Å². The molecule has 0 aromatic heterocycles. The van der Waals surface area contributed by atoms with Crippen molar-refractivity contribution in [1.82, 2.24) is 0 Å². The first-order valence-corrected chi connectivity index (χ1v) is 12.9. The van der Waals surface area contributed by atoms with E-state index >= 15 is 0 Å². The van der Waals surface area contributed by atoms with Crippen molar-refractivity contribution in [2.45, 2.75) is 39.9 Å². The van der Waals surface area contributed by atoms with E-state index < -0.39 is 8.07 Å². The van der Waals surface area contributed by atoms with Crippen molar-refractivity contribution in [3.63, 3.8) is 0 Å². The van der Waals surface area contributed by atoms with Gasteiger partial charge in [-0.05, 0) is 86.6 Å². The normalized spacial score (nSPS) is 19.8. The average Bonchev–Trinajstić information content (AvgIpc) is 3.26. The Balaban J connectivity index is 0.000000486. The number of benzene rings is 1. The van der Waals surface area contributed by atoms with Crippen LogP contribution in [0.1, 0.15) is 19.4 Å². The summed E-state index contributed by atoms with van der Waals surface area (Å²) < 4.78 is 0. The van der Waals surface area contributed by atoms with Gasteiger partial charge in [0, 0.05) is 17.1 Å². The predicted molar refractivity (Wildman–Crippen MR) is 113 cm³/mol. The summed E-state index contributed by atoms with van der Waals surface area (Å²) in [6.07, 6.45) is 18.1. The molecular formula is C24H32FeSi. The molecule has 2 aliphatic rings. The molecule has 0 aliphatic heterocycles. The van der Waals surface area contributed by atoms with Crippen LogP contribution in [0.15, 0.2) is 30.3 Å². The third-order valence-electron chi connectivity index (χ3n) is 4.72.